The van der Waals surface area contributed by atoms with Crippen LogP contribution in [0.3, 0.4) is 0 Å². The summed E-state index contributed by atoms with van der Waals surface area (Å²) >= 11 is 0. The highest BCUT2D eigenvalue weighted by Gasteiger charge is 2.31. The fourth-order valence-electron chi connectivity index (χ4n) is 5.82. The number of rotatable bonds is 11. The SMILES string of the molecule is C/C=C(/C(C)=N)c1ccc2c(c1)nc(C(CCC(C)C)[C@H](C)CC)n2C1CCC(OC(C)C)CC1. The number of benzene rings is 1. The van der Waals surface area contributed by atoms with E-state index in [0.29, 0.717) is 41.7 Å². The smallest absolute Gasteiger partial charge is 0.113 e. The maximum absolute atomic E-state index is 8.21. The molecule has 1 aromatic carbocycles. The molecule has 0 aliphatic heterocycles. The van der Waals surface area contributed by atoms with Gasteiger partial charge in [0.2, 0.25) is 0 Å². The van der Waals surface area contributed by atoms with E-state index in [4.69, 9.17) is 15.1 Å². The zero-order valence-electron chi connectivity index (χ0n) is 23.5. The van der Waals surface area contributed by atoms with Crippen LogP contribution in [-0.2, 0) is 4.74 Å². The molecule has 194 valence electrons. The van der Waals surface area contributed by atoms with Crippen LogP contribution in [-0.4, -0.2) is 27.5 Å². The first-order valence-electron chi connectivity index (χ1n) is 14.1. The molecule has 1 fully saturated rings. The van der Waals surface area contributed by atoms with Gasteiger partial charge in [-0.1, -0.05) is 52.7 Å². The number of hydrogen-bond acceptors (Lipinski definition) is 3. The molecule has 35 heavy (non-hydrogen) atoms. The summed E-state index contributed by atoms with van der Waals surface area (Å²) in [4.78, 5) is 5.37. The van der Waals surface area contributed by atoms with Crippen molar-refractivity contribution in [2.24, 2.45) is 11.8 Å². The Hall–Kier alpha value is -1.94. The number of ether oxygens (including phenoxy) is 1. The molecule has 1 unspecified atom stereocenters. The summed E-state index contributed by atoms with van der Waals surface area (Å²) < 4.78 is 8.79. The highest BCUT2D eigenvalue weighted by molar-refractivity contribution is 6.21. The van der Waals surface area contributed by atoms with E-state index in [1.807, 2.05) is 19.9 Å². The molecule has 1 aromatic heterocycles. The van der Waals surface area contributed by atoms with Gasteiger partial charge >= 0.3 is 0 Å². The van der Waals surface area contributed by atoms with Gasteiger partial charge in [-0.25, -0.2) is 4.98 Å². The summed E-state index contributed by atoms with van der Waals surface area (Å²) in [5.74, 6) is 3.05. The molecule has 1 heterocycles. The van der Waals surface area contributed by atoms with Crippen molar-refractivity contribution >= 4 is 22.3 Å². The maximum atomic E-state index is 8.21. The molecule has 1 aliphatic carbocycles. The van der Waals surface area contributed by atoms with Gasteiger partial charge < -0.3 is 14.7 Å². The van der Waals surface area contributed by atoms with Gasteiger partial charge in [0.05, 0.1) is 23.2 Å². The largest absolute Gasteiger partial charge is 0.376 e. The van der Waals surface area contributed by atoms with Crippen molar-refractivity contribution in [1.29, 1.82) is 5.41 Å². The maximum Gasteiger partial charge on any atom is 0.113 e. The van der Waals surface area contributed by atoms with Crippen molar-refractivity contribution in [3.63, 3.8) is 0 Å². The molecule has 4 heteroatoms. The molecular formula is C31H49N3O. The molecule has 2 atom stereocenters. The molecule has 4 nitrogen and oxygen atoms in total. The second-order valence-electron chi connectivity index (χ2n) is 11.4. The van der Waals surface area contributed by atoms with Gasteiger partial charge in [-0.2, -0.15) is 0 Å². The van der Waals surface area contributed by atoms with E-state index in [2.05, 4.69) is 64.3 Å². The normalized spacial score (nSPS) is 21.1. The number of nitrogens with zero attached hydrogens (tertiary/aromatic N) is 2. The van der Waals surface area contributed by atoms with Crippen LogP contribution in [0.5, 0.6) is 0 Å². The Morgan fingerprint density at radius 2 is 1.80 bits per heavy atom. The molecule has 0 saturated heterocycles. The molecule has 0 amide bonds. The van der Waals surface area contributed by atoms with Crippen LogP contribution in [0.2, 0.25) is 0 Å². The molecule has 0 radical (unpaired) electrons. The van der Waals surface area contributed by atoms with Crippen LogP contribution in [0.15, 0.2) is 24.3 Å². The molecule has 3 rings (SSSR count). The lowest BCUT2D eigenvalue weighted by molar-refractivity contribution is -0.0185. The molecule has 1 aliphatic rings. The number of imidazole rings is 1. The van der Waals surface area contributed by atoms with Gasteiger partial charge in [-0.15, -0.1) is 0 Å². The Labute approximate surface area is 214 Å². The lowest BCUT2D eigenvalue weighted by Crippen LogP contribution is -2.27. The van der Waals surface area contributed by atoms with Gasteiger partial charge in [0.15, 0.2) is 0 Å². The first kappa shape index (κ1) is 27.6. The van der Waals surface area contributed by atoms with E-state index >= 15 is 0 Å². The van der Waals surface area contributed by atoms with Gasteiger partial charge in [0.25, 0.3) is 0 Å². The van der Waals surface area contributed by atoms with Crippen LogP contribution in [0.4, 0.5) is 0 Å². The summed E-state index contributed by atoms with van der Waals surface area (Å²) in [6.07, 6.45) is 10.8. The predicted octanol–water partition coefficient (Wildman–Crippen LogP) is 8.95. The fraction of sp³-hybridized carbons (Fsp3) is 0.677. The second kappa shape index (κ2) is 12.3. The third kappa shape index (κ3) is 6.64. The average molecular weight is 480 g/mol. The lowest BCUT2D eigenvalue weighted by Gasteiger charge is -2.33. The summed E-state index contributed by atoms with van der Waals surface area (Å²) in [6.45, 7) is 17.6. The third-order valence-electron chi connectivity index (χ3n) is 7.91. The quantitative estimate of drug-likeness (QED) is 0.327. The number of nitrogens with one attached hydrogen (secondary N) is 1. The Kier molecular flexibility index (Phi) is 9.75. The average Bonchev–Trinajstić information content (AvgIpc) is 3.17. The van der Waals surface area contributed by atoms with Crippen molar-refractivity contribution in [2.45, 2.75) is 125 Å². The minimum Gasteiger partial charge on any atom is -0.376 e. The van der Waals surface area contributed by atoms with Crippen molar-refractivity contribution < 1.29 is 4.74 Å². The number of hydrogen-bond donors (Lipinski definition) is 1. The Morgan fingerprint density at radius 1 is 1.11 bits per heavy atom. The minimum absolute atomic E-state index is 0.295. The molecule has 1 N–H and O–H groups in total. The first-order valence-corrected chi connectivity index (χ1v) is 14.1. The van der Waals surface area contributed by atoms with Crippen LogP contribution in [0.25, 0.3) is 16.6 Å². The minimum atomic E-state index is 0.295. The van der Waals surface area contributed by atoms with E-state index in [1.54, 1.807) is 0 Å². The van der Waals surface area contributed by atoms with Crippen molar-refractivity contribution in [2.75, 3.05) is 0 Å². The summed E-state index contributed by atoms with van der Waals surface area (Å²) in [5, 5.41) is 8.21. The standard InChI is InChI=1S/C31H49N3O/c1-9-22(7)28(17-11-20(3)4)31-33-29-19-24(27(10-2)23(8)32)12-18-30(29)34(31)25-13-15-26(16-14-25)35-21(5)6/h10,12,18-22,25-26,28,32H,9,11,13-17H2,1-8H3/b27-10-,32-23?/t22-,25?,26?,28?/m1/s1. The van der Waals surface area contributed by atoms with Gasteiger partial charge in [0.1, 0.15) is 5.82 Å². The molecule has 1 saturated carbocycles. The summed E-state index contributed by atoms with van der Waals surface area (Å²) in [5.41, 5.74) is 5.03. The molecular weight excluding hydrogens is 430 g/mol. The van der Waals surface area contributed by atoms with E-state index in [1.165, 1.54) is 30.6 Å². The van der Waals surface area contributed by atoms with E-state index < -0.39 is 0 Å². The highest BCUT2D eigenvalue weighted by atomic mass is 16.5. The van der Waals surface area contributed by atoms with Crippen LogP contribution < -0.4 is 0 Å². The Balaban J connectivity index is 2.08. The van der Waals surface area contributed by atoms with Crippen LogP contribution in [0, 0.1) is 17.2 Å². The van der Waals surface area contributed by atoms with Crippen LogP contribution >= 0.6 is 0 Å². The highest BCUT2D eigenvalue weighted by Crippen LogP contribution is 2.40. The van der Waals surface area contributed by atoms with Crippen LogP contribution in [0.1, 0.15) is 124 Å². The van der Waals surface area contributed by atoms with Crippen molar-refractivity contribution in [3.8, 4) is 0 Å². The molecule has 0 spiro atoms. The van der Waals surface area contributed by atoms with Gasteiger partial charge in [0, 0.05) is 17.7 Å². The van der Waals surface area contributed by atoms with Crippen molar-refractivity contribution in [1.82, 2.24) is 9.55 Å². The number of fused-ring (bicyclic) bond motifs is 1. The fourth-order valence-corrected chi connectivity index (χ4v) is 5.82. The van der Waals surface area contributed by atoms with Gasteiger partial charge in [-0.05, 0) is 94.9 Å². The zero-order chi connectivity index (χ0) is 25.7. The van der Waals surface area contributed by atoms with Crippen molar-refractivity contribution in [3.05, 3.63) is 35.7 Å². The summed E-state index contributed by atoms with van der Waals surface area (Å²) in [6, 6.07) is 7.15. The first-order chi connectivity index (χ1) is 16.7. The Morgan fingerprint density at radius 3 is 2.34 bits per heavy atom. The lowest BCUT2D eigenvalue weighted by atomic mass is 9.84. The van der Waals surface area contributed by atoms with Gasteiger partial charge in [-0.3, -0.25) is 0 Å². The number of allylic oxidation sites excluding steroid dienone is 2. The van der Waals surface area contributed by atoms with E-state index in [-0.39, 0.29) is 0 Å². The van der Waals surface area contributed by atoms with E-state index in [0.717, 1.165) is 42.3 Å². The Bertz CT molecular complexity index is 1010. The third-order valence-corrected chi connectivity index (χ3v) is 7.91. The topological polar surface area (TPSA) is 50.9 Å². The second-order valence-corrected chi connectivity index (χ2v) is 11.4. The zero-order valence-corrected chi connectivity index (χ0v) is 23.5. The molecule has 2 aromatic rings. The predicted molar refractivity (Wildman–Crippen MR) is 151 cm³/mol. The molecule has 0 bridgehead atoms. The monoisotopic (exact) mass is 479 g/mol. The summed E-state index contributed by atoms with van der Waals surface area (Å²) in [7, 11) is 0. The van der Waals surface area contributed by atoms with E-state index in [9.17, 15) is 0 Å². The number of aromatic nitrogens is 2.